The third-order valence-electron chi connectivity index (χ3n) is 4.25. The molecule has 0 aliphatic carbocycles. The standard InChI is InChI=1S/C16H26N2O2S/c1-3-17-16(14-7-5-4-6-8-14)9-11-18(2)15-10-12-21(19,20)13-15/h4-8,15-17H,3,9-13H2,1-2H3. The summed E-state index contributed by atoms with van der Waals surface area (Å²) in [6.07, 6.45) is 1.76. The van der Waals surface area contributed by atoms with Gasteiger partial charge in [0.15, 0.2) is 9.84 Å². The van der Waals surface area contributed by atoms with E-state index in [0.29, 0.717) is 17.5 Å². The van der Waals surface area contributed by atoms with Gasteiger partial charge in [0.05, 0.1) is 11.5 Å². The molecule has 1 saturated heterocycles. The van der Waals surface area contributed by atoms with Crippen molar-refractivity contribution in [3.63, 3.8) is 0 Å². The maximum absolute atomic E-state index is 11.6. The van der Waals surface area contributed by atoms with Gasteiger partial charge in [0, 0.05) is 12.1 Å². The Morgan fingerprint density at radius 3 is 2.62 bits per heavy atom. The molecule has 0 bridgehead atoms. The highest BCUT2D eigenvalue weighted by Crippen LogP contribution is 2.20. The van der Waals surface area contributed by atoms with Crippen molar-refractivity contribution < 1.29 is 8.42 Å². The molecule has 1 aromatic rings. The van der Waals surface area contributed by atoms with E-state index in [1.165, 1.54) is 5.56 Å². The van der Waals surface area contributed by atoms with E-state index in [-0.39, 0.29) is 6.04 Å². The van der Waals surface area contributed by atoms with Crippen molar-refractivity contribution in [3.8, 4) is 0 Å². The van der Waals surface area contributed by atoms with Gasteiger partial charge < -0.3 is 10.2 Å². The molecule has 1 aliphatic rings. The molecule has 0 spiro atoms. The van der Waals surface area contributed by atoms with Gasteiger partial charge in [-0.1, -0.05) is 37.3 Å². The fourth-order valence-corrected chi connectivity index (χ4v) is 4.76. The highest BCUT2D eigenvalue weighted by atomic mass is 32.2. The summed E-state index contributed by atoms with van der Waals surface area (Å²) >= 11 is 0. The average molecular weight is 310 g/mol. The quantitative estimate of drug-likeness (QED) is 0.835. The third kappa shape index (κ3) is 4.80. The lowest BCUT2D eigenvalue weighted by atomic mass is 10.0. The molecule has 0 aromatic heterocycles. The first-order valence-electron chi connectivity index (χ1n) is 7.71. The second kappa shape index (κ2) is 7.38. The van der Waals surface area contributed by atoms with Crippen LogP contribution in [0.15, 0.2) is 30.3 Å². The molecule has 0 amide bonds. The molecule has 5 heteroatoms. The van der Waals surface area contributed by atoms with Gasteiger partial charge in [-0.05, 0) is 38.5 Å². The number of nitrogens with one attached hydrogen (secondary N) is 1. The average Bonchev–Trinajstić information content (AvgIpc) is 2.84. The first-order valence-corrected chi connectivity index (χ1v) is 9.53. The topological polar surface area (TPSA) is 49.4 Å². The first kappa shape index (κ1) is 16.5. The Kier molecular flexibility index (Phi) is 5.79. The van der Waals surface area contributed by atoms with Crippen LogP contribution < -0.4 is 5.32 Å². The molecule has 1 heterocycles. The van der Waals surface area contributed by atoms with Gasteiger partial charge in [-0.3, -0.25) is 0 Å². The molecular formula is C16H26N2O2S. The van der Waals surface area contributed by atoms with E-state index in [4.69, 9.17) is 0 Å². The Balaban J connectivity index is 1.90. The summed E-state index contributed by atoms with van der Waals surface area (Å²) in [6.45, 7) is 3.96. The van der Waals surface area contributed by atoms with Gasteiger partial charge >= 0.3 is 0 Å². The molecule has 1 aromatic carbocycles. The van der Waals surface area contributed by atoms with Gasteiger partial charge in [-0.2, -0.15) is 0 Å². The van der Waals surface area contributed by atoms with Crippen LogP contribution in [0.2, 0.25) is 0 Å². The molecule has 118 valence electrons. The zero-order valence-electron chi connectivity index (χ0n) is 13.0. The lowest BCUT2D eigenvalue weighted by Gasteiger charge is -2.26. The van der Waals surface area contributed by atoms with Crippen molar-refractivity contribution in [1.29, 1.82) is 0 Å². The fraction of sp³-hybridized carbons (Fsp3) is 0.625. The molecule has 4 nitrogen and oxygen atoms in total. The summed E-state index contributed by atoms with van der Waals surface area (Å²) in [6, 6.07) is 11.0. The van der Waals surface area contributed by atoms with Crippen molar-refractivity contribution in [2.75, 3.05) is 31.6 Å². The van der Waals surface area contributed by atoms with E-state index in [9.17, 15) is 8.42 Å². The van der Waals surface area contributed by atoms with Gasteiger partial charge in [0.25, 0.3) is 0 Å². The summed E-state index contributed by atoms with van der Waals surface area (Å²) in [7, 11) is -0.758. The van der Waals surface area contributed by atoms with Crippen molar-refractivity contribution in [1.82, 2.24) is 10.2 Å². The van der Waals surface area contributed by atoms with Crippen molar-refractivity contribution in [2.24, 2.45) is 0 Å². The van der Waals surface area contributed by atoms with Gasteiger partial charge in [-0.25, -0.2) is 8.42 Å². The third-order valence-corrected chi connectivity index (χ3v) is 6.01. The molecule has 0 radical (unpaired) electrons. The van der Waals surface area contributed by atoms with E-state index >= 15 is 0 Å². The van der Waals surface area contributed by atoms with E-state index in [1.54, 1.807) is 0 Å². The number of rotatable bonds is 7. The lowest BCUT2D eigenvalue weighted by molar-refractivity contribution is 0.247. The van der Waals surface area contributed by atoms with Crippen LogP contribution in [-0.2, 0) is 9.84 Å². The van der Waals surface area contributed by atoms with E-state index < -0.39 is 9.84 Å². The maximum atomic E-state index is 11.6. The summed E-state index contributed by atoms with van der Waals surface area (Å²) in [4.78, 5) is 2.21. The number of hydrogen-bond donors (Lipinski definition) is 1. The Hall–Kier alpha value is -0.910. The van der Waals surface area contributed by atoms with E-state index in [0.717, 1.165) is 25.9 Å². The fourth-order valence-electron chi connectivity index (χ4n) is 2.96. The van der Waals surface area contributed by atoms with Crippen LogP contribution in [-0.4, -0.2) is 51.0 Å². The monoisotopic (exact) mass is 310 g/mol. The first-order chi connectivity index (χ1) is 10.0. The second-order valence-corrected chi connectivity index (χ2v) is 8.08. The summed E-state index contributed by atoms with van der Waals surface area (Å²) in [5, 5.41) is 3.52. The highest BCUT2D eigenvalue weighted by Gasteiger charge is 2.30. The zero-order chi connectivity index (χ0) is 15.3. The molecule has 0 saturated carbocycles. The predicted molar refractivity (Wildman–Crippen MR) is 87.2 cm³/mol. The maximum Gasteiger partial charge on any atom is 0.151 e. The van der Waals surface area contributed by atoms with Crippen molar-refractivity contribution in [3.05, 3.63) is 35.9 Å². The smallest absolute Gasteiger partial charge is 0.151 e. The van der Waals surface area contributed by atoms with Gasteiger partial charge in [0.1, 0.15) is 0 Å². The second-order valence-electron chi connectivity index (χ2n) is 5.85. The zero-order valence-corrected chi connectivity index (χ0v) is 13.8. The molecule has 1 fully saturated rings. The molecule has 1 aliphatic heterocycles. The van der Waals surface area contributed by atoms with Crippen molar-refractivity contribution in [2.45, 2.75) is 31.8 Å². The minimum absolute atomic E-state index is 0.188. The number of sulfone groups is 1. The number of benzene rings is 1. The molecule has 1 N–H and O–H groups in total. The normalized spacial score (nSPS) is 22.5. The molecule has 2 rings (SSSR count). The predicted octanol–water partition coefficient (Wildman–Crippen LogP) is 1.85. The van der Waals surface area contributed by atoms with Crippen LogP contribution in [0.25, 0.3) is 0 Å². The number of hydrogen-bond acceptors (Lipinski definition) is 4. The molecule has 21 heavy (non-hydrogen) atoms. The summed E-state index contributed by atoms with van der Waals surface area (Å²) in [5.41, 5.74) is 1.30. The van der Waals surface area contributed by atoms with Crippen LogP contribution >= 0.6 is 0 Å². The van der Waals surface area contributed by atoms with Gasteiger partial charge in [-0.15, -0.1) is 0 Å². The van der Waals surface area contributed by atoms with Crippen LogP contribution in [0.3, 0.4) is 0 Å². The largest absolute Gasteiger partial charge is 0.310 e. The van der Waals surface area contributed by atoms with Crippen LogP contribution in [0.5, 0.6) is 0 Å². The highest BCUT2D eigenvalue weighted by molar-refractivity contribution is 7.91. The van der Waals surface area contributed by atoms with E-state index in [1.807, 2.05) is 13.1 Å². The Morgan fingerprint density at radius 1 is 1.33 bits per heavy atom. The Bertz CT molecular complexity index is 530. The summed E-state index contributed by atoms with van der Waals surface area (Å²) < 4.78 is 23.1. The summed E-state index contributed by atoms with van der Waals surface area (Å²) in [5.74, 6) is 0.665. The number of nitrogens with zero attached hydrogens (tertiary/aromatic N) is 1. The minimum Gasteiger partial charge on any atom is -0.310 e. The Labute approximate surface area is 128 Å². The molecule has 2 atom stereocenters. The van der Waals surface area contributed by atoms with Crippen LogP contribution in [0, 0.1) is 0 Å². The van der Waals surface area contributed by atoms with Crippen LogP contribution in [0.4, 0.5) is 0 Å². The van der Waals surface area contributed by atoms with Gasteiger partial charge in [0.2, 0.25) is 0 Å². The lowest BCUT2D eigenvalue weighted by Crippen LogP contribution is -2.35. The molecular weight excluding hydrogens is 284 g/mol. The minimum atomic E-state index is -2.80. The van der Waals surface area contributed by atoms with E-state index in [2.05, 4.69) is 41.4 Å². The molecule has 2 unspecified atom stereocenters. The van der Waals surface area contributed by atoms with Crippen molar-refractivity contribution >= 4 is 9.84 Å². The Morgan fingerprint density at radius 2 is 2.05 bits per heavy atom. The van der Waals surface area contributed by atoms with Crippen LogP contribution in [0.1, 0.15) is 31.4 Å². The SMILES string of the molecule is CCNC(CCN(C)C1CCS(=O)(=O)C1)c1ccccc1.